The molecule has 0 saturated heterocycles. The Morgan fingerprint density at radius 3 is 2.68 bits per heavy atom. The molecule has 1 aromatic rings. The Balaban J connectivity index is 2.20. The van der Waals surface area contributed by atoms with Crippen molar-refractivity contribution in [1.82, 2.24) is 5.32 Å². The summed E-state index contributed by atoms with van der Waals surface area (Å²) in [7, 11) is 0. The van der Waals surface area contributed by atoms with Crippen molar-refractivity contribution in [3.8, 4) is 0 Å². The highest BCUT2D eigenvalue weighted by Crippen LogP contribution is 2.41. The fraction of sp³-hybridized carbons (Fsp3) is 0.647. The third-order valence-corrected chi connectivity index (χ3v) is 4.62. The lowest BCUT2D eigenvalue weighted by molar-refractivity contribution is 0.358. The van der Waals surface area contributed by atoms with Crippen LogP contribution in [-0.2, 0) is 0 Å². The Hall–Kier alpha value is -0.890. The second-order valence-electron chi connectivity index (χ2n) is 5.88. The molecule has 0 aromatic heterocycles. The molecule has 1 saturated carbocycles. The molecule has 19 heavy (non-hydrogen) atoms. The number of rotatable bonds is 5. The normalized spacial score (nSPS) is 24.6. The molecule has 106 valence electrons. The fourth-order valence-electron chi connectivity index (χ4n) is 3.53. The van der Waals surface area contributed by atoms with Gasteiger partial charge in [0.15, 0.2) is 0 Å². The van der Waals surface area contributed by atoms with E-state index in [-0.39, 0.29) is 5.82 Å². The molecule has 2 rings (SSSR count). The van der Waals surface area contributed by atoms with Crippen LogP contribution in [0.4, 0.5) is 4.39 Å². The Kier molecular flexibility index (Phi) is 4.98. The van der Waals surface area contributed by atoms with E-state index in [4.69, 9.17) is 0 Å². The van der Waals surface area contributed by atoms with Crippen LogP contribution in [0.15, 0.2) is 18.2 Å². The molecule has 1 aliphatic rings. The van der Waals surface area contributed by atoms with Gasteiger partial charge in [-0.3, -0.25) is 0 Å². The minimum Gasteiger partial charge on any atom is -0.310 e. The zero-order valence-electron chi connectivity index (χ0n) is 12.4. The molecular formula is C17H26FN. The zero-order valence-corrected chi connectivity index (χ0v) is 12.4. The smallest absolute Gasteiger partial charge is 0.123 e. The van der Waals surface area contributed by atoms with E-state index < -0.39 is 0 Å². The summed E-state index contributed by atoms with van der Waals surface area (Å²) in [5.41, 5.74) is 2.36. The predicted octanol–water partition coefficient (Wildman–Crippen LogP) is 4.61. The van der Waals surface area contributed by atoms with Crippen LogP contribution in [0.25, 0.3) is 0 Å². The molecule has 1 fully saturated rings. The largest absolute Gasteiger partial charge is 0.310 e. The van der Waals surface area contributed by atoms with Gasteiger partial charge >= 0.3 is 0 Å². The van der Waals surface area contributed by atoms with E-state index >= 15 is 0 Å². The first-order chi connectivity index (χ1) is 9.15. The maximum Gasteiger partial charge on any atom is 0.123 e. The average Bonchev–Trinajstić information content (AvgIpc) is 2.85. The van der Waals surface area contributed by atoms with Gasteiger partial charge in [0, 0.05) is 6.04 Å². The third-order valence-electron chi connectivity index (χ3n) is 4.62. The predicted molar refractivity (Wildman–Crippen MR) is 78.7 cm³/mol. The van der Waals surface area contributed by atoms with Crippen LogP contribution in [-0.4, -0.2) is 6.54 Å². The molecule has 2 heteroatoms. The van der Waals surface area contributed by atoms with Crippen molar-refractivity contribution >= 4 is 0 Å². The van der Waals surface area contributed by atoms with E-state index in [0.717, 1.165) is 18.0 Å². The van der Waals surface area contributed by atoms with Gasteiger partial charge in [0.25, 0.3) is 0 Å². The summed E-state index contributed by atoms with van der Waals surface area (Å²) in [4.78, 5) is 0. The molecule has 0 aliphatic heterocycles. The van der Waals surface area contributed by atoms with Crippen LogP contribution in [0.2, 0.25) is 0 Å². The lowest BCUT2D eigenvalue weighted by Crippen LogP contribution is -2.28. The standard InChI is InChI=1S/C17H26FN/c1-4-13-6-7-14(11-13)17(19-5-2)16-9-8-15(18)10-12(16)3/h8-10,13-14,17,19H,4-7,11H2,1-3H3. The van der Waals surface area contributed by atoms with Gasteiger partial charge in [-0.25, -0.2) is 4.39 Å². The summed E-state index contributed by atoms with van der Waals surface area (Å²) < 4.78 is 13.3. The molecule has 1 aliphatic carbocycles. The highest BCUT2D eigenvalue weighted by Gasteiger charge is 2.31. The van der Waals surface area contributed by atoms with Crippen molar-refractivity contribution in [2.24, 2.45) is 11.8 Å². The van der Waals surface area contributed by atoms with Gasteiger partial charge in [0.1, 0.15) is 5.82 Å². The third kappa shape index (κ3) is 3.36. The van der Waals surface area contributed by atoms with E-state index in [9.17, 15) is 4.39 Å². The van der Waals surface area contributed by atoms with Crippen molar-refractivity contribution < 1.29 is 4.39 Å². The Morgan fingerprint density at radius 1 is 1.32 bits per heavy atom. The van der Waals surface area contributed by atoms with Gasteiger partial charge in [0.05, 0.1) is 0 Å². The van der Waals surface area contributed by atoms with Gasteiger partial charge < -0.3 is 5.32 Å². The number of nitrogens with one attached hydrogen (secondary N) is 1. The minimum absolute atomic E-state index is 0.130. The van der Waals surface area contributed by atoms with E-state index in [1.54, 1.807) is 12.1 Å². The molecule has 0 bridgehead atoms. The molecule has 3 unspecified atom stereocenters. The number of halogens is 1. The molecule has 0 spiro atoms. The van der Waals surface area contributed by atoms with E-state index in [2.05, 4.69) is 19.2 Å². The number of hydrogen-bond acceptors (Lipinski definition) is 1. The quantitative estimate of drug-likeness (QED) is 0.818. The molecule has 3 atom stereocenters. The molecule has 0 radical (unpaired) electrons. The minimum atomic E-state index is -0.130. The maximum atomic E-state index is 13.3. The van der Waals surface area contributed by atoms with E-state index in [0.29, 0.717) is 12.0 Å². The van der Waals surface area contributed by atoms with Crippen LogP contribution < -0.4 is 5.32 Å². The van der Waals surface area contributed by atoms with Gasteiger partial charge in [-0.1, -0.05) is 32.8 Å². The summed E-state index contributed by atoms with van der Waals surface area (Å²) >= 11 is 0. The average molecular weight is 263 g/mol. The zero-order chi connectivity index (χ0) is 13.8. The van der Waals surface area contributed by atoms with Crippen molar-refractivity contribution in [1.29, 1.82) is 0 Å². The maximum absolute atomic E-state index is 13.3. The van der Waals surface area contributed by atoms with Gasteiger partial charge in [-0.05, 0) is 61.4 Å². The second kappa shape index (κ2) is 6.51. The molecule has 1 nitrogen and oxygen atoms in total. The van der Waals surface area contributed by atoms with Crippen molar-refractivity contribution in [2.45, 2.75) is 52.5 Å². The number of hydrogen-bond donors (Lipinski definition) is 1. The highest BCUT2D eigenvalue weighted by molar-refractivity contribution is 5.30. The van der Waals surface area contributed by atoms with E-state index in [1.807, 2.05) is 13.0 Å². The van der Waals surface area contributed by atoms with E-state index in [1.165, 1.54) is 31.2 Å². The molecule has 1 N–H and O–H groups in total. The number of benzene rings is 1. The van der Waals surface area contributed by atoms with Crippen molar-refractivity contribution in [3.05, 3.63) is 35.1 Å². The lowest BCUT2D eigenvalue weighted by atomic mass is 9.88. The second-order valence-corrected chi connectivity index (χ2v) is 5.88. The van der Waals surface area contributed by atoms with Crippen molar-refractivity contribution in [3.63, 3.8) is 0 Å². The lowest BCUT2D eigenvalue weighted by Gasteiger charge is -2.26. The van der Waals surface area contributed by atoms with Gasteiger partial charge in [-0.2, -0.15) is 0 Å². The first-order valence-electron chi connectivity index (χ1n) is 7.65. The van der Waals surface area contributed by atoms with Crippen molar-refractivity contribution in [2.75, 3.05) is 6.54 Å². The summed E-state index contributed by atoms with van der Waals surface area (Å²) in [6, 6.07) is 5.62. The summed E-state index contributed by atoms with van der Waals surface area (Å²) in [5.74, 6) is 1.45. The molecule has 0 amide bonds. The SMILES string of the molecule is CCNC(c1ccc(F)cc1C)C1CCC(CC)C1. The summed E-state index contributed by atoms with van der Waals surface area (Å²) in [6.45, 7) is 7.43. The van der Waals surface area contributed by atoms with Gasteiger partial charge in [0.2, 0.25) is 0 Å². The van der Waals surface area contributed by atoms with Crippen LogP contribution in [0.5, 0.6) is 0 Å². The Morgan fingerprint density at radius 2 is 2.11 bits per heavy atom. The fourth-order valence-corrected chi connectivity index (χ4v) is 3.53. The van der Waals surface area contributed by atoms with Gasteiger partial charge in [-0.15, -0.1) is 0 Å². The van der Waals surface area contributed by atoms with Crippen LogP contribution in [0, 0.1) is 24.6 Å². The number of aryl methyl sites for hydroxylation is 1. The topological polar surface area (TPSA) is 12.0 Å². The first-order valence-corrected chi connectivity index (χ1v) is 7.65. The molecular weight excluding hydrogens is 237 g/mol. The highest BCUT2D eigenvalue weighted by atomic mass is 19.1. The first kappa shape index (κ1) is 14.5. The Labute approximate surface area is 116 Å². The molecule has 1 aromatic carbocycles. The van der Waals surface area contributed by atoms with Crippen LogP contribution >= 0.6 is 0 Å². The monoisotopic (exact) mass is 263 g/mol. The van der Waals surface area contributed by atoms with Crippen LogP contribution in [0.1, 0.15) is 56.7 Å². The summed E-state index contributed by atoms with van der Waals surface area (Å²) in [6.07, 6.45) is 5.25. The summed E-state index contributed by atoms with van der Waals surface area (Å²) in [5, 5.41) is 3.62. The Bertz CT molecular complexity index is 416. The molecule has 0 heterocycles. The van der Waals surface area contributed by atoms with Crippen LogP contribution in [0.3, 0.4) is 0 Å².